The van der Waals surface area contributed by atoms with Crippen molar-refractivity contribution in [3.63, 3.8) is 0 Å². The van der Waals surface area contributed by atoms with E-state index < -0.39 is 22.1 Å². The summed E-state index contributed by atoms with van der Waals surface area (Å²) in [5.41, 5.74) is 0.251. The molecule has 11 heteroatoms. The first kappa shape index (κ1) is 22.8. The van der Waals surface area contributed by atoms with Crippen LogP contribution in [0.2, 0.25) is 0 Å². The zero-order chi connectivity index (χ0) is 22.3. The van der Waals surface area contributed by atoms with E-state index in [4.69, 9.17) is 18.9 Å². The first-order valence-electron chi connectivity index (χ1n) is 8.66. The maximum absolute atomic E-state index is 12.8. The molecule has 2 N–H and O–H groups in total. The summed E-state index contributed by atoms with van der Waals surface area (Å²) in [5, 5.41) is 2.46. The van der Waals surface area contributed by atoms with Gasteiger partial charge in [-0.3, -0.25) is 10.0 Å². The lowest BCUT2D eigenvalue weighted by Crippen LogP contribution is -2.17. The number of methoxy groups -OCH3 is 3. The van der Waals surface area contributed by atoms with Gasteiger partial charge in [0.15, 0.2) is 11.5 Å². The Morgan fingerprint density at radius 3 is 2.10 bits per heavy atom. The van der Waals surface area contributed by atoms with Gasteiger partial charge in [0.2, 0.25) is 0 Å². The Balaban J connectivity index is 2.36. The van der Waals surface area contributed by atoms with Gasteiger partial charge in [-0.15, -0.1) is 0 Å². The van der Waals surface area contributed by atoms with Crippen molar-refractivity contribution in [1.29, 1.82) is 0 Å². The molecule has 0 radical (unpaired) electrons. The molecule has 0 atom stereocenters. The van der Waals surface area contributed by atoms with Crippen LogP contribution in [-0.2, 0) is 19.5 Å². The predicted molar refractivity (Wildman–Crippen MR) is 109 cm³/mol. The number of ether oxygens (including phenoxy) is 4. The number of esters is 1. The van der Waals surface area contributed by atoms with Crippen LogP contribution in [0.5, 0.6) is 11.5 Å². The second-order valence-electron chi connectivity index (χ2n) is 5.72. The van der Waals surface area contributed by atoms with Crippen molar-refractivity contribution in [2.24, 2.45) is 0 Å². The van der Waals surface area contributed by atoms with Gasteiger partial charge in [0.25, 0.3) is 10.0 Å². The highest BCUT2D eigenvalue weighted by atomic mass is 32.2. The van der Waals surface area contributed by atoms with Crippen molar-refractivity contribution in [2.75, 3.05) is 38.0 Å². The van der Waals surface area contributed by atoms with Gasteiger partial charge in [-0.25, -0.2) is 18.0 Å². The molecular weight excluding hydrogens is 416 g/mol. The lowest BCUT2D eigenvalue weighted by molar-refractivity contribution is 0.0601. The standard InChI is InChI=1S/C19H22N2O8S/c1-5-29-19(23)20-12-6-8-13(9-7-12)30(24,25)21-15-11-17(27-3)16(26-2)10-14(15)18(22)28-4/h6-11,21H,5H2,1-4H3,(H,20,23). The largest absolute Gasteiger partial charge is 0.493 e. The minimum absolute atomic E-state index is 0.0479. The number of carbonyl (C=O) groups excluding carboxylic acids is 2. The maximum Gasteiger partial charge on any atom is 0.411 e. The van der Waals surface area contributed by atoms with Gasteiger partial charge in [0.05, 0.1) is 44.1 Å². The summed E-state index contributed by atoms with van der Waals surface area (Å²) in [7, 11) is -0.141. The average molecular weight is 438 g/mol. The summed E-state index contributed by atoms with van der Waals surface area (Å²) >= 11 is 0. The Morgan fingerprint density at radius 2 is 1.57 bits per heavy atom. The Bertz CT molecular complexity index is 1020. The number of rotatable bonds is 8. The van der Waals surface area contributed by atoms with Gasteiger partial charge in [-0.05, 0) is 31.2 Å². The van der Waals surface area contributed by atoms with Gasteiger partial charge in [0, 0.05) is 17.8 Å². The quantitative estimate of drug-likeness (QED) is 0.602. The number of anilines is 2. The number of hydrogen-bond acceptors (Lipinski definition) is 8. The highest BCUT2D eigenvalue weighted by molar-refractivity contribution is 7.92. The SMILES string of the molecule is CCOC(=O)Nc1ccc(S(=O)(=O)Nc2cc(OC)c(OC)cc2C(=O)OC)cc1. The molecule has 30 heavy (non-hydrogen) atoms. The maximum atomic E-state index is 12.8. The summed E-state index contributed by atoms with van der Waals surface area (Å²) in [4.78, 5) is 23.5. The lowest BCUT2D eigenvalue weighted by atomic mass is 10.1. The third-order valence-corrected chi connectivity index (χ3v) is 5.24. The molecule has 1 amide bonds. The Morgan fingerprint density at radius 1 is 0.967 bits per heavy atom. The molecule has 0 saturated carbocycles. The predicted octanol–water partition coefficient (Wildman–Crippen LogP) is 2.86. The van der Waals surface area contributed by atoms with Crippen molar-refractivity contribution in [2.45, 2.75) is 11.8 Å². The van der Waals surface area contributed by atoms with Crippen LogP contribution in [0.15, 0.2) is 41.3 Å². The second kappa shape index (κ2) is 9.83. The van der Waals surface area contributed by atoms with E-state index in [0.717, 1.165) is 0 Å². The molecule has 0 aliphatic rings. The average Bonchev–Trinajstić information content (AvgIpc) is 2.73. The second-order valence-corrected chi connectivity index (χ2v) is 7.40. The molecule has 0 saturated heterocycles. The third-order valence-electron chi connectivity index (χ3n) is 3.86. The zero-order valence-electron chi connectivity index (χ0n) is 16.8. The zero-order valence-corrected chi connectivity index (χ0v) is 17.7. The van der Waals surface area contributed by atoms with Crippen molar-refractivity contribution in [1.82, 2.24) is 0 Å². The van der Waals surface area contributed by atoms with Crippen molar-refractivity contribution in [3.8, 4) is 11.5 Å². The molecule has 0 aromatic heterocycles. The summed E-state index contributed by atoms with van der Waals surface area (Å²) in [6, 6.07) is 8.03. The van der Waals surface area contributed by atoms with Crippen LogP contribution < -0.4 is 19.5 Å². The van der Waals surface area contributed by atoms with E-state index in [1.807, 2.05) is 0 Å². The van der Waals surface area contributed by atoms with E-state index in [1.165, 1.54) is 57.7 Å². The molecule has 10 nitrogen and oxygen atoms in total. The first-order valence-corrected chi connectivity index (χ1v) is 10.1. The molecule has 0 fully saturated rings. The van der Waals surface area contributed by atoms with E-state index in [2.05, 4.69) is 10.0 Å². The molecule has 2 rings (SSSR count). The molecule has 0 aliphatic heterocycles. The molecule has 0 unspecified atom stereocenters. The number of nitrogens with one attached hydrogen (secondary N) is 2. The molecule has 2 aromatic carbocycles. The monoisotopic (exact) mass is 438 g/mol. The molecule has 0 aliphatic carbocycles. The van der Waals surface area contributed by atoms with Crippen LogP contribution in [0, 0.1) is 0 Å². The van der Waals surface area contributed by atoms with Crippen LogP contribution in [0.25, 0.3) is 0 Å². The van der Waals surface area contributed by atoms with Gasteiger partial charge in [-0.2, -0.15) is 0 Å². The molecule has 2 aromatic rings. The fourth-order valence-corrected chi connectivity index (χ4v) is 3.52. The smallest absolute Gasteiger partial charge is 0.411 e. The number of benzene rings is 2. The summed E-state index contributed by atoms with van der Waals surface area (Å²) in [6.45, 7) is 1.87. The Kier molecular flexibility index (Phi) is 7.48. The van der Waals surface area contributed by atoms with Gasteiger partial charge >= 0.3 is 12.1 Å². The highest BCUT2D eigenvalue weighted by Crippen LogP contribution is 2.34. The van der Waals surface area contributed by atoms with E-state index in [9.17, 15) is 18.0 Å². The van der Waals surface area contributed by atoms with Gasteiger partial charge in [-0.1, -0.05) is 0 Å². The molecule has 0 bridgehead atoms. The Hall–Kier alpha value is -3.47. The summed E-state index contributed by atoms with van der Waals surface area (Å²) < 4.78 is 47.8. The summed E-state index contributed by atoms with van der Waals surface area (Å²) in [6.07, 6.45) is -0.653. The fourth-order valence-electron chi connectivity index (χ4n) is 2.45. The molecule has 162 valence electrons. The van der Waals surface area contributed by atoms with E-state index in [0.29, 0.717) is 5.69 Å². The Labute approximate surface area is 174 Å². The van der Waals surface area contributed by atoms with E-state index in [1.54, 1.807) is 6.92 Å². The minimum atomic E-state index is -4.08. The normalized spacial score (nSPS) is 10.7. The van der Waals surface area contributed by atoms with Crippen LogP contribution in [-0.4, -0.2) is 48.4 Å². The van der Waals surface area contributed by atoms with E-state index >= 15 is 0 Å². The molecule has 0 heterocycles. The van der Waals surface area contributed by atoms with Crippen LogP contribution in [0.4, 0.5) is 16.2 Å². The molecule has 0 spiro atoms. The fraction of sp³-hybridized carbons (Fsp3) is 0.263. The third kappa shape index (κ3) is 5.32. The van der Waals surface area contributed by atoms with Gasteiger partial charge in [0.1, 0.15) is 0 Å². The van der Waals surface area contributed by atoms with Crippen molar-refractivity contribution >= 4 is 33.5 Å². The number of hydrogen-bond donors (Lipinski definition) is 2. The topological polar surface area (TPSA) is 129 Å². The van der Waals surface area contributed by atoms with Crippen LogP contribution in [0.1, 0.15) is 17.3 Å². The van der Waals surface area contributed by atoms with E-state index in [-0.39, 0.29) is 34.3 Å². The van der Waals surface area contributed by atoms with Crippen molar-refractivity contribution < 1.29 is 37.0 Å². The lowest BCUT2D eigenvalue weighted by Gasteiger charge is -2.15. The van der Waals surface area contributed by atoms with Crippen molar-refractivity contribution in [3.05, 3.63) is 42.0 Å². The first-order chi connectivity index (χ1) is 14.2. The summed E-state index contributed by atoms with van der Waals surface area (Å²) in [5.74, 6) is -0.310. The molecular formula is C19H22N2O8S. The number of carbonyl (C=O) groups is 2. The number of sulfonamides is 1. The highest BCUT2D eigenvalue weighted by Gasteiger charge is 2.22. The number of amides is 1. The minimum Gasteiger partial charge on any atom is -0.493 e. The van der Waals surface area contributed by atoms with Crippen LogP contribution >= 0.6 is 0 Å². The van der Waals surface area contributed by atoms with Gasteiger partial charge < -0.3 is 18.9 Å². The van der Waals surface area contributed by atoms with Crippen LogP contribution in [0.3, 0.4) is 0 Å².